The zero-order chi connectivity index (χ0) is 16.2. The average molecular weight is 322 g/mol. The molecule has 1 heterocycles. The molecule has 1 aromatic heterocycles. The molecule has 1 N–H and O–H groups in total. The number of nitrogens with one attached hydrogen (secondary N) is 1. The van der Waals surface area contributed by atoms with Crippen LogP contribution in [0.3, 0.4) is 0 Å². The molecule has 0 spiro atoms. The molecular weight excluding hydrogens is 304 g/mol. The monoisotopic (exact) mass is 322 g/mol. The Balaban J connectivity index is 1.78. The fraction of sp³-hybridized carbons (Fsp3) is 0.158. The Morgan fingerprint density at radius 2 is 1.91 bits per heavy atom. The Morgan fingerprint density at radius 1 is 1.13 bits per heavy atom. The van der Waals surface area contributed by atoms with Gasteiger partial charge in [0.15, 0.2) is 5.13 Å². The molecule has 0 radical (unpaired) electrons. The lowest BCUT2D eigenvalue weighted by Crippen LogP contribution is -2.07. The molecule has 3 rings (SSSR count). The summed E-state index contributed by atoms with van der Waals surface area (Å²) in [7, 11) is 0. The van der Waals surface area contributed by atoms with Crippen LogP contribution >= 0.6 is 11.3 Å². The Morgan fingerprint density at radius 3 is 2.65 bits per heavy atom. The number of hydrogen-bond acceptors (Lipinski definition) is 3. The molecule has 0 atom stereocenters. The smallest absolute Gasteiger partial charge is 0.250 e. The van der Waals surface area contributed by atoms with Crippen molar-refractivity contribution in [3.63, 3.8) is 0 Å². The summed E-state index contributed by atoms with van der Waals surface area (Å²) in [4.78, 5) is 16.6. The summed E-state index contributed by atoms with van der Waals surface area (Å²) in [6.07, 6.45) is 3.33. The lowest BCUT2D eigenvalue weighted by atomic mass is 10.0. The number of rotatable bonds is 4. The lowest BCUT2D eigenvalue weighted by Gasteiger charge is -2.04. The number of carbonyl (C=O) groups excluding carboxylic acids is 1. The predicted octanol–water partition coefficient (Wildman–Crippen LogP) is 5.07. The van der Waals surface area contributed by atoms with E-state index < -0.39 is 0 Å². The van der Waals surface area contributed by atoms with Gasteiger partial charge in [0.1, 0.15) is 0 Å². The van der Waals surface area contributed by atoms with Crippen LogP contribution in [0.5, 0.6) is 0 Å². The molecule has 23 heavy (non-hydrogen) atoms. The molecule has 0 aliphatic rings. The first-order valence-corrected chi connectivity index (χ1v) is 8.38. The minimum atomic E-state index is -0.168. The maximum atomic E-state index is 12.1. The van der Waals surface area contributed by atoms with Crippen molar-refractivity contribution in [1.29, 1.82) is 0 Å². The number of fused-ring (bicyclic) bond motifs is 1. The normalized spacial score (nSPS) is 11.4. The SMILES string of the molecule is CC(C)c1cccc2sc(NC(=O)/C=C/c3ccccc3)nc12. The molecule has 4 heteroatoms. The second-order valence-corrected chi connectivity index (χ2v) is 6.63. The molecular formula is C19H18N2OS. The first kappa shape index (κ1) is 15.4. The van der Waals surface area contributed by atoms with Crippen LogP contribution in [-0.4, -0.2) is 10.9 Å². The number of hydrogen-bond donors (Lipinski definition) is 1. The molecule has 1 amide bonds. The first-order valence-electron chi connectivity index (χ1n) is 7.57. The molecule has 0 bridgehead atoms. The summed E-state index contributed by atoms with van der Waals surface area (Å²) in [6.45, 7) is 4.30. The van der Waals surface area contributed by atoms with E-state index in [1.165, 1.54) is 23.0 Å². The topological polar surface area (TPSA) is 42.0 Å². The molecule has 3 nitrogen and oxygen atoms in total. The van der Waals surface area contributed by atoms with Gasteiger partial charge in [0, 0.05) is 6.08 Å². The van der Waals surface area contributed by atoms with Crippen LogP contribution in [0.4, 0.5) is 5.13 Å². The molecule has 0 aliphatic heterocycles. The summed E-state index contributed by atoms with van der Waals surface area (Å²) in [5, 5.41) is 3.48. The second kappa shape index (κ2) is 6.75. The van der Waals surface area contributed by atoms with Crippen molar-refractivity contribution in [2.24, 2.45) is 0 Å². The number of nitrogens with zero attached hydrogens (tertiary/aromatic N) is 1. The number of carbonyl (C=O) groups is 1. The zero-order valence-electron chi connectivity index (χ0n) is 13.1. The van der Waals surface area contributed by atoms with E-state index in [9.17, 15) is 4.79 Å². The maximum Gasteiger partial charge on any atom is 0.250 e. The van der Waals surface area contributed by atoms with E-state index in [2.05, 4.69) is 30.2 Å². The summed E-state index contributed by atoms with van der Waals surface area (Å²) in [6, 6.07) is 15.9. The molecule has 0 saturated heterocycles. The summed E-state index contributed by atoms with van der Waals surface area (Å²) in [5.74, 6) is 0.237. The summed E-state index contributed by atoms with van der Waals surface area (Å²) in [5.41, 5.74) is 3.18. The van der Waals surface area contributed by atoms with Crippen LogP contribution in [0.25, 0.3) is 16.3 Å². The third-order valence-electron chi connectivity index (χ3n) is 3.53. The number of para-hydroxylation sites is 1. The first-order chi connectivity index (χ1) is 11.1. The van der Waals surface area contributed by atoms with E-state index in [1.807, 2.05) is 42.5 Å². The average Bonchev–Trinajstić information content (AvgIpc) is 2.95. The van der Waals surface area contributed by atoms with E-state index in [-0.39, 0.29) is 5.91 Å². The molecule has 2 aromatic carbocycles. The Kier molecular flexibility index (Phi) is 4.53. The summed E-state index contributed by atoms with van der Waals surface area (Å²) < 4.78 is 1.10. The van der Waals surface area contributed by atoms with Gasteiger partial charge >= 0.3 is 0 Å². The van der Waals surface area contributed by atoms with E-state index in [0.717, 1.165) is 15.8 Å². The van der Waals surface area contributed by atoms with Gasteiger partial charge < -0.3 is 0 Å². The number of thiazole rings is 1. The largest absolute Gasteiger partial charge is 0.298 e. The number of anilines is 1. The van der Waals surface area contributed by atoms with Gasteiger partial charge in [-0.05, 0) is 29.2 Å². The number of benzene rings is 2. The molecule has 116 valence electrons. The van der Waals surface area contributed by atoms with Crippen molar-refractivity contribution < 1.29 is 4.79 Å². The third-order valence-corrected chi connectivity index (χ3v) is 4.47. The van der Waals surface area contributed by atoms with E-state index in [0.29, 0.717) is 11.0 Å². The maximum absolute atomic E-state index is 12.1. The van der Waals surface area contributed by atoms with Gasteiger partial charge in [0.2, 0.25) is 5.91 Å². The predicted molar refractivity (Wildman–Crippen MR) is 97.8 cm³/mol. The van der Waals surface area contributed by atoms with Crippen molar-refractivity contribution in [3.8, 4) is 0 Å². The number of amides is 1. The minimum Gasteiger partial charge on any atom is -0.298 e. The number of aromatic nitrogens is 1. The Labute approximate surface area is 139 Å². The fourth-order valence-electron chi connectivity index (χ4n) is 2.37. The summed E-state index contributed by atoms with van der Waals surface area (Å²) >= 11 is 1.50. The van der Waals surface area contributed by atoms with Crippen LogP contribution < -0.4 is 5.32 Å². The van der Waals surface area contributed by atoms with Crippen LogP contribution in [0.15, 0.2) is 54.6 Å². The highest BCUT2D eigenvalue weighted by Crippen LogP contribution is 2.31. The highest BCUT2D eigenvalue weighted by molar-refractivity contribution is 7.22. The highest BCUT2D eigenvalue weighted by atomic mass is 32.1. The van der Waals surface area contributed by atoms with Crippen molar-refractivity contribution in [3.05, 3.63) is 65.7 Å². The second-order valence-electron chi connectivity index (χ2n) is 5.60. The van der Waals surface area contributed by atoms with Gasteiger partial charge in [-0.3, -0.25) is 10.1 Å². The van der Waals surface area contributed by atoms with E-state index >= 15 is 0 Å². The third kappa shape index (κ3) is 3.66. The minimum absolute atomic E-state index is 0.168. The zero-order valence-corrected chi connectivity index (χ0v) is 13.9. The van der Waals surface area contributed by atoms with Gasteiger partial charge in [-0.1, -0.05) is 67.6 Å². The van der Waals surface area contributed by atoms with Crippen molar-refractivity contribution >= 4 is 38.7 Å². The van der Waals surface area contributed by atoms with Crippen molar-refractivity contribution in [1.82, 2.24) is 4.98 Å². The quantitative estimate of drug-likeness (QED) is 0.681. The van der Waals surface area contributed by atoms with E-state index in [4.69, 9.17) is 0 Å². The Hall–Kier alpha value is -2.46. The van der Waals surface area contributed by atoms with Gasteiger partial charge in [0.25, 0.3) is 0 Å². The van der Waals surface area contributed by atoms with Gasteiger partial charge in [0.05, 0.1) is 10.2 Å². The van der Waals surface area contributed by atoms with Gasteiger partial charge in [-0.15, -0.1) is 0 Å². The molecule has 0 fully saturated rings. The van der Waals surface area contributed by atoms with Crippen LogP contribution in [0.2, 0.25) is 0 Å². The van der Waals surface area contributed by atoms with Gasteiger partial charge in [-0.25, -0.2) is 4.98 Å². The van der Waals surface area contributed by atoms with Crippen molar-refractivity contribution in [2.75, 3.05) is 5.32 Å². The highest BCUT2D eigenvalue weighted by Gasteiger charge is 2.11. The fourth-order valence-corrected chi connectivity index (χ4v) is 3.28. The van der Waals surface area contributed by atoms with Crippen LogP contribution in [-0.2, 0) is 4.79 Å². The molecule has 0 unspecified atom stereocenters. The lowest BCUT2D eigenvalue weighted by molar-refractivity contribution is -0.111. The Bertz CT molecular complexity index is 850. The van der Waals surface area contributed by atoms with Crippen LogP contribution in [0.1, 0.15) is 30.9 Å². The molecule has 3 aromatic rings. The van der Waals surface area contributed by atoms with Gasteiger partial charge in [-0.2, -0.15) is 0 Å². The molecule has 0 aliphatic carbocycles. The van der Waals surface area contributed by atoms with Crippen molar-refractivity contribution in [2.45, 2.75) is 19.8 Å². The molecule has 0 saturated carbocycles. The standard InChI is InChI=1S/C19H18N2OS/c1-13(2)15-9-6-10-16-18(15)21-19(23-16)20-17(22)12-11-14-7-4-3-5-8-14/h3-13H,1-2H3,(H,20,21,22)/b12-11+. The van der Waals surface area contributed by atoms with Crippen LogP contribution in [0, 0.1) is 0 Å². The van der Waals surface area contributed by atoms with E-state index in [1.54, 1.807) is 6.08 Å².